The number of ether oxygens (including phenoxy) is 3. The van der Waals surface area contributed by atoms with Crippen LogP contribution in [-0.4, -0.2) is 80.9 Å². The minimum atomic E-state index is -1.02. The van der Waals surface area contributed by atoms with Crippen molar-refractivity contribution in [3.63, 3.8) is 0 Å². The molecule has 2 unspecified atom stereocenters. The lowest BCUT2D eigenvalue weighted by atomic mass is 9.92. The van der Waals surface area contributed by atoms with Crippen LogP contribution in [0, 0.1) is 12.7 Å². The van der Waals surface area contributed by atoms with E-state index in [1.807, 2.05) is 52.8 Å². The lowest BCUT2D eigenvalue weighted by molar-refractivity contribution is -0.166. The average Bonchev–Trinajstić information content (AvgIpc) is 3.40. The highest BCUT2D eigenvalue weighted by Crippen LogP contribution is 2.38. The number of halogens is 1. The number of aliphatic hydroxyl groups is 1. The van der Waals surface area contributed by atoms with Gasteiger partial charge >= 0.3 is 5.97 Å². The molecule has 3 aromatic rings. The molecule has 3 heterocycles. The lowest BCUT2D eigenvalue weighted by Gasteiger charge is -2.41. The van der Waals surface area contributed by atoms with Gasteiger partial charge in [-0.25, -0.2) is 14.2 Å². The third kappa shape index (κ3) is 9.90. The number of phenolic OH excluding ortho intramolecular Hbond substituents is 1. The van der Waals surface area contributed by atoms with Gasteiger partial charge in [-0.05, 0) is 98.8 Å². The Morgan fingerprint density at radius 1 is 1.21 bits per heavy atom. The third-order valence-electron chi connectivity index (χ3n) is 8.30. The topological polar surface area (TPSA) is 131 Å². The minimum Gasteiger partial charge on any atom is -0.506 e. The highest BCUT2D eigenvalue weighted by atomic mass is 19.1. The predicted octanol–water partition coefficient (Wildman–Crippen LogP) is 6.35. The molecule has 2 atom stereocenters. The predicted molar refractivity (Wildman–Crippen MR) is 185 cm³/mol. The zero-order valence-corrected chi connectivity index (χ0v) is 29.4. The number of carbonyl (C=O) groups is 1. The van der Waals surface area contributed by atoms with Crippen LogP contribution >= 0.6 is 0 Å². The number of benzene rings is 1. The maximum atomic E-state index is 13.5. The zero-order chi connectivity index (χ0) is 35.1. The van der Waals surface area contributed by atoms with Crippen molar-refractivity contribution < 1.29 is 33.6 Å². The van der Waals surface area contributed by atoms with Crippen molar-refractivity contribution >= 4 is 29.2 Å². The number of hydrogen-bond donors (Lipinski definition) is 3. The molecule has 1 saturated heterocycles. The molecule has 11 nitrogen and oxygen atoms in total. The first kappa shape index (κ1) is 37.1. The second kappa shape index (κ2) is 16.1. The molecule has 0 radical (unpaired) electrons. The van der Waals surface area contributed by atoms with Crippen LogP contribution < -0.4 is 10.2 Å². The van der Waals surface area contributed by atoms with Gasteiger partial charge < -0.3 is 34.6 Å². The number of nitrogens with zero attached hydrogens (tertiary/aromatic N) is 4. The summed E-state index contributed by atoms with van der Waals surface area (Å²) in [5.74, 6) is -0.430. The first-order valence-electron chi connectivity index (χ1n) is 16.9. The van der Waals surface area contributed by atoms with E-state index in [4.69, 9.17) is 24.3 Å². The molecule has 0 saturated carbocycles. The molecule has 0 amide bonds. The zero-order valence-electron chi connectivity index (χ0n) is 29.4. The van der Waals surface area contributed by atoms with Crippen LogP contribution in [0.25, 0.3) is 11.7 Å². The summed E-state index contributed by atoms with van der Waals surface area (Å²) in [6, 6.07) is 5.70. The number of phenols is 1. The molecule has 48 heavy (non-hydrogen) atoms. The van der Waals surface area contributed by atoms with Crippen molar-refractivity contribution in [2.75, 3.05) is 43.1 Å². The first-order chi connectivity index (χ1) is 22.7. The van der Waals surface area contributed by atoms with Crippen molar-refractivity contribution in [2.45, 2.75) is 104 Å². The van der Waals surface area contributed by atoms with E-state index in [0.717, 1.165) is 44.0 Å². The molecular formula is C36H52FN5O6. The monoisotopic (exact) mass is 669 g/mol. The van der Waals surface area contributed by atoms with E-state index in [2.05, 4.69) is 17.1 Å². The maximum absolute atomic E-state index is 13.5. The van der Waals surface area contributed by atoms with E-state index in [0.29, 0.717) is 54.5 Å². The fraction of sp³-hybridized carbons (Fsp3) is 0.583. The van der Waals surface area contributed by atoms with Gasteiger partial charge in [0.2, 0.25) is 0 Å². The Bertz CT molecular complexity index is 1560. The molecule has 0 aliphatic carbocycles. The van der Waals surface area contributed by atoms with Crippen molar-refractivity contribution in [1.82, 2.24) is 14.6 Å². The summed E-state index contributed by atoms with van der Waals surface area (Å²) in [7, 11) is 0. The Hall–Kier alpha value is -3.74. The number of fused-ring (bicyclic) bond motifs is 1. The summed E-state index contributed by atoms with van der Waals surface area (Å²) < 4.78 is 33.4. The largest absolute Gasteiger partial charge is 0.506 e. The lowest BCUT2D eigenvalue weighted by Crippen LogP contribution is -2.46. The molecule has 1 fully saturated rings. The van der Waals surface area contributed by atoms with Gasteiger partial charge in [0.25, 0.3) is 0 Å². The van der Waals surface area contributed by atoms with Gasteiger partial charge in [-0.2, -0.15) is 9.61 Å². The number of carbonyl (C=O) groups excluding carboxylic acids is 1. The summed E-state index contributed by atoms with van der Waals surface area (Å²) in [6.07, 6.45) is 6.49. The SMILES string of the molecule is CCOC(=O)C(OC(C)(C)C)c1c(C)nc2cc(C=CCNc3ccc(F)cc3O)nn2c1N1CCC(C)(OCCCCC(C)O)CC1. The Balaban J connectivity index is 1.65. The van der Waals surface area contributed by atoms with Crippen LogP contribution in [0.15, 0.2) is 30.3 Å². The Labute approximate surface area is 283 Å². The van der Waals surface area contributed by atoms with Gasteiger partial charge in [0, 0.05) is 44.1 Å². The van der Waals surface area contributed by atoms with Gasteiger partial charge in [0.15, 0.2) is 11.8 Å². The minimum absolute atomic E-state index is 0.166. The summed E-state index contributed by atoms with van der Waals surface area (Å²) in [5.41, 5.74) is 2.01. The quantitative estimate of drug-likeness (QED) is 0.0956. The van der Waals surface area contributed by atoms with Gasteiger partial charge in [-0.15, -0.1) is 0 Å². The normalized spacial score (nSPS) is 16.4. The van der Waals surface area contributed by atoms with E-state index in [-0.39, 0.29) is 24.1 Å². The number of esters is 1. The molecule has 0 spiro atoms. The van der Waals surface area contributed by atoms with E-state index < -0.39 is 23.5 Å². The number of piperidine rings is 1. The number of aromatic nitrogens is 3. The number of hydrogen-bond acceptors (Lipinski definition) is 10. The summed E-state index contributed by atoms with van der Waals surface area (Å²) in [4.78, 5) is 20.6. The Kier molecular flexibility index (Phi) is 12.4. The first-order valence-corrected chi connectivity index (χ1v) is 16.9. The smallest absolute Gasteiger partial charge is 0.340 e. The van der Waals surface area contributed by atoms with E-state index >= 15 is 0 Å². The van der Waals surface area contributed by atoms with Crippen molar-refractivity contribution in [3.05, 3.63) is 53.1 Å². The maximum Gasteiger partial charge on any atom is 0.340 e. The number of anilines is 2. The molecule has 2 aromatic heterocycles. The molecule has 1 aromatic carbocycles. The number of aliphatic hydroxyl groups excluding tert-OH is 1. The van der Waals surface area contributed by atoms with E-state index in [1.54, 1.807) is 11.4 Å². The second-order valence-electron chi connectivity index (χ2n) is 13.7. The Morgan fingerprint density at radius 2 is 1.94 bits per heavy atom. The molecule has 264 valence electrons. The van der Waals surface area contributed by atoms with Gasteiger partial charge in [-0.1, -0.05) is 6.08 Å². The number of aromatic hydroxyl groups is 1. The van der Waals surface area contributed by atoms with Crippen LogP contribution in [0.4, 0.5) is 15.9 Å². The third-order valence-corrected chi connectivity index (χ3v) is 8.30. The molecular weight excluding hydrogens is 617 g/mol. The van der Waals surface area contributed by atoms with Crippen molar-refractivity contribution in [1.29, 1.82) is 0 Å². The van der Waals surface area contributed by atoms with Crippen molar-refractivity contribution in [2.24, 2.45) is 0 Å². The second-order valence-corrected chi connectivity index (χ2v) is 13.7. The summed E-state index contributed by atoms with van der Waals surface area (Å²) in [6.45, 7) is 15.9. The highest BCUT2D eigenvalue weighted by molar-refractivity contribution is 5.80. The average molecular weight is 670 g/mol. The number of nitrogens with one attached hydrogen (secondary N) is 1. The summed E-state index contributed by atoms with van der Waals surface area (Å²) in [5, 5.41) is 27.5. The molecule has 3 N–H and O–H groups in total. The number of rotatable bonds is 15. The van der Waals surface area contributed by atoms with Crippen LogP contribution in [0.3, 0.4) is 0 Å². The van der Waals surface area contributed by atoms with Crippen LogP contribution in [0.1, 0.15) is 96.7 Å². The standard InChI is InChI=1S/C36H52FN5O6/c1-8-46-34(45)32(48-35(4,5)6)31-25(3)39-30-23-27(13-11-18-38-28-15-14-26(37)22-29(28)44)40-42(30)33(31)41-19-16-36(7,17-20-41)47-21-10-9-12-24(2)43/h11,13-15,22-24,32,38,43-44H,8-10,12,16-21H2,1-7H3. The Morgan fingerprint density at radius 3 is 2.58 bits per heavy atom. The number of unbranched alkanes of at least 4 members (excludes halogenated alkanes) is 1. The summed E-state index contributed by atoms with van der Waals surface area (Å²) >= 11 is 0. The number of aryl methyl sites for hydroxylation is 1. The highest BCUT2D eigenvalue weighted by Gasteiger charge is 2.38. The van der Waals surface area contributed by atoms with Gasteiger partial charge in [0.05, 0.1) is 40.9 Å². The van der Waals surface area contributed by atoms with E-state index in [1.165, 1.54) is 12.1 Å². The van der Waals surface area contributed by atoms with Crippen LogP contribution in [-0.2, 0) is 19.0 Å². The molecule has 1 aliphatic rings. The van der Waals surface area contributed by atoms with Gasteiger partial charge in [0.1, 0.15) is 17.4 Å². The van der Waals surface area contributed by atoms with Crippen LogP contribution in [0.2, 0.25) is 0 Å². The van der Waals surface area contributed by atoms with Crippen LogP contribution in [0.5, 0.6) is 5.75 Å². The van der Waals surface area contributed by atoms with Gasteiger partial charge in [-0.3, -0.25) is 0 Å². The molecule has 12 heteroatoms. The fourth-order valence-electron chi connectivity index (χ4n) is 5.82. The molecule has 1 aliphatic heterocycles. The molecule has 4 rings (SSSR count). The fourth-order valence-corrected chi connectivity index (χ4v) is 5.82. The van der Waals surface area contributed by atoms with E-state index in [9.17, 15) is 19.4 Å². The molecule has 0 bridgehead atoms. The van der Waals surface area contributed by atoms with Crippen molar-refractivity contribution in [3.8, 4) is 5.75 Å².